The van der Waals surface area contributed by atoms with Crippen LogP contribution in [0.15, 0.2) is 48.5 Å². The Labute approximate surface area is 142 Å². The number of amides is 2. The van der Waals surface area contributed by atoms with Gasteiger partial charge in [-0.25, -0.2) is 0 Å². The van der Waals surface area contributed by atoms with Crippen LogP contribution in [0.1, 0.15) is 11.1 Å². The van der Waals surface area contributed by atoms with Crippen LogP contribution in [0.4, 0.5) is 11.4 Å². The summed E-state index contributed by atoms with van der Waals surface area (Å²) in [6.45, 7) is 4.43. The van der Waals surface area contributed by atoms with E-state index in [4.69, 9.17) is 0 Å². The fourth-order valence-electron chi connectivity index (χ4n) is 2.38. The lowest BCUT2D eigenvalue weighted by molar-refractivity contribution is -0.862. The number of carbonyl (C=O) groups excluding carboxylic acids is 2. The standard InChI is InChI=1S/C19H23N3O2/c1-14-7-9-16(10-8-14)20-18(23)12-22(3)13-19(24)21-17-6-4-5-15(2)11-17/h4-11H,12-13H2,1-3H3,(H,20,23)(H,21,24)/p+1. The number of rotatable bonds is 6. The van der Waals surface area contributed by atoms with Crippen LogP contribution in [0.3, 0.4) is 0 Å². The molecule has 2 aromatic rings. The first-order valence-corrected chi connectivity index (χ1v) is 7.97. The summed E-state index contributed by atoms with van der Waals surface area (Å²) in [4.78, 5) is 24.9. The Morgan fingerprint density at radius 1 is 0.833 bits per heavy atom. The summed E-state index contributed by atoms with van der Waals surface area (Å²) >= 11 is 0. The molecule has 126 valence electrons. The quantitative estimate of drug-likeness (QED) is 0.751. The van der Waals surface area contributed by atoms with Gasteiger partial charge in [0, 0.05) is 11.4 Å². The first-order chi connectivity index (χ1) is 11.4. The Morgan fingerprint density at radius 3 is 2.00 bits per heavy atom. The Bertz CT molecular complexity index is 711. The van der Waals surface area contributed by atoms with Gasteiger partial charge in [0.25, 0.3) is 11.8 Å². The number of aryl methyl sites for hydroxylation is 2. The van der Waals surface area contributed by atoms with Crippen molar-refractivity contribution in [1.82, 2.24) is 0 Å². The third kappa shape index (κ3) is 5.85. The highest BCUT2D eigenvalue weighted by molar-refractivity contribution is 5.93. The smallest absolute Gasteiger partial charge is 0.279 e. The lowest BCUT2D eigenvalue weighted by Crippen LogP contribution is -3.11. The van der Waals surface area contributed by atoms with Gasteiger partial charge in [0.15, 0.2) is 13.1 Å². The Hall–Kier alpha value is -2.66. The average molecular weight is 326 g/mol. The number of carbonyl (C=O) groups is 2. The maximum atomic E-state index is 12.0. The molecule has 0 bridgehead atoms. The highest BCUT2D eigenvalue weighted by atomic mass is 16.2. The van der Waals surface area contributed by atoms with Gasteiger partial charge in [-0.1, -0.05) is 29.8 Å². The maximum Gasteiger partial charge on any atom is 0.279 e. The summed E-state index contributed by atoms with van der Waals surface area (Å²) in [6, 6.07) is 15.3. The van der Waals surface area contributed by atoms with Gasteiger partial charge in [0.05, 0.1) is 7.05 Å². The number of anilines is 2. The van der Waals surface area contributed by atoms with Crippen LogP contribution in [0.5, 0.6) is 0 Å². The first-order valence-electron chi connectivity index (χ1n) is 7.97. The third-order valence-electron chi connectivity index (χ3n) is 3.56. The highest BCUT2D eigenvalue weighted by Crippen LogP contribution is 2.09. The monoisotopic (exact) mass is 326 g/mol. The summed E-state index contributed by atoms with van der Waals surface area (Å²) in [7, 11) is 1.82. The maximum absolute atomic E-state index is 12.0. The second-order valence-electron chi connectivity index (χ2n) is 6.14. The number of hydrogen-bond donors (Lipinski definition) is 3. The van der Waals surface area contributed by atoms with E-state index in [0.717, 1.165) is 27.4 Å². The Kier molecular flexibility index (Phi) is 6.09. The van der Waals surface area contributed by atoms with E-state index in [9.17, 15) is 9.59 Å². The zero-order valence-electron chi connectivity index (χ0n) is 14.3. The molecule has 0 radical (unpaired) electrons. The van der Waals surface area contributed by atoms with Crippen LogP contribution in [0.2, 0.25) is 0 Å². The number of benzene rings is 2. The predicted molar refractivity (Wildman–Crippen MR) is 96.2 cm³/mol. The molecule has 0 aliphatic carbocycles. The molecule has 5 nitrogen and oxygen atoms in total. The van der Waals surface area contributed by atoms with Crippen LogP contribution in [0, 0.1) is 13.8 Å². The molecule has 0 fully saturated rings. The second-order valence-corrected chi connectivity index (χ2v) is 6.14. The van der Waals surface area contributed by atoms with Crippen LogP contribution in [-0.4, -0.2) is 32.0 Å². The number of quaternary nitrogens is 1. The van der Waals surface area contributed by atoms with E-state index >= 15 is 0 Å². The molecule has 2 rings (SSSR count). The lowest BCUT2D eigenvalue weighted by Gasteiger charge is -2.14. The van der Waals surface area contributed by atoms with Gasteiger partial charge in [-0.05, 0) is 43.7 Å². The third-order valence-corrected chi connectivity index (χ3v) is 3.56. The molecule has 0 aliphatic rings. The highest BCUT2D eigenvalue weighted by Gasteiger charge is 2.14. The second kappa shape index (κ2) is 8.26. The fraction of sp³-hybridized carbons (Fsp3) is 0.263. The largest absolute Gasteiger partial charge is 0.322 e. The normalized spacial score (nSPS) is 11.6. The van der Waals surface area contributed by atoms with E-state index in [1.807, 2.05) is 69.4 Å². The van der Waals surface area contributed by atoms with E-state index in [1.54, 1.807) is 0 Å². The summed E-state index contributed by atoms with van der Waals surface area (Å²) in [5, 5.41) is 5.69. The van der Waals surface area contributed by atoms with Crippen molar-refractivity contribution in [3.63, 3.8) is 0 Å². The molecule has 3 N–H and O–H groups in total. The molecule has 0 spiro atoms. The van der Waals surface area contributed by atoms with Crippen LogP contribution < -0.4 is 15.5 Å². The van der Waals surface area contributed by atoms with Gasteiger partial charge in [-0.15, -0.1) is 0 Å². The van der Waals surface area contributed by atoms with Gasteiger partial charge in [-0.2, -0.15) is 0 Å². The van der Waals surface area contributed by atoms with Crippen molar-refractivity contribution in [1.29, 1.82) is 0 Å². The molecular formula is C19H24N3O2+. The lowest BCUT2D eigenvalue weighted by atomic mass is 10.2. The van der Waals surface area contributed by atoms with Gasteiger partial charge >= 0.3 is 0 Å². The van der Waals surface area contributed by atoms with Crippen molar-refractivity contribution in [3.05, 3.63) is 59.7 Å². The van der Waals surface area contributed by atoms with Gasteiger partial charge in [0.1, 0.15) is 0 Å². The van der Waals surface area contributed by atoms with Crippen LogP contribution >= 0.6 is 0 Å². The van der Waals surface area contributed by atoms with Crippen molar-refractivity contribution < 1.29 is 14.5 Å². The molecule has 2 aromatic carbocycles. The molecule has 0 saturated carbocycles. The number of likely N-dealkylation sites (N-methyl/N-ethyl adjacent to an activating group) is 1. The van der Waals surface area contributed by atoms with Gasteiger partial charge in [0.2, 0.25) is 0 Å². The fourth-order valence-corrected chi connectivity index (χ4v) is 2.38. The molecule has 1 atom stereocenters. The molecular weight excluding hydrogens is 302 g/mol. The minimum absolute atomic E-state index is 0.110. The molecule has 1 unspecified atom stereocenters. The van der Waals surface area contributed by atoms with E-state index in [2.05, 4.69) is 10.6 Å². The summed E-state index contributed by atoms with van der Waals surface area (Å²) < 4.78 is 0. The summed E-state index contributed by atoms with van der Waals surface area (Å²) in [6.07, 6.45) is 0. The SMILES string of the molecule is Cc1ccc(NC(=O)C[NH+](C)CC(=O)Nc2cccc(C)c2)cc1. The first kappa shape index (κ1) is 17.7. The van der Waals surface area contributed by atoms with Crippen molar-refractivity contribution >= 4 is 23.2 Å². The van der Waals surface area contributed by atoms with Crippen LogP contribution in [0.25, 0.3) is 0 Å². The van der Waals surface area contributed by atoms with Gasteiger partial charge < -0.3 is 15.5 Å². The van der Waals surface area contributed by atoms with E-state index in [1.165, 1.54) is 0 Å². The van der Waals surface area contributed by atoms with E-state index < -0.39 is 0 Å². The van der Waals surface area contributed by atoms with Gasteiger partial charge in [-0.3, -0.25) is 9.59 Å². The van der Waals surface area contributed by atoms with Crippen molar-refractivity contribution in [2.24, 2.45) is 0 Å². The zero-order chi connectivity index (χ0) is 17.5. The molecule has 5 heteroatoms. The number of nitrogens with one attached hydrogen (secondary N) is 3. The summed E-state index contributed by atoms with van der Waals surface area (Å²) in [5.74, 6) is -0.221. The van der Waals surface area contributed by atoms with Crippen molar-refractivity contribution in [3.8, 4) is 0 Å². The predicted octanol–water partition coefficient (Wildman–Crippen LogP) is 1.40. The molecule has 0 aliphatic heterocycles. The van der Waals surface area contributed by atoms with Crippen molar-refractivity contribution in [2.45, 2.75) is 13.8 Å². The number of hydrogen-bond acceptors (Lipinski definition) is 2. The van der Waals surface area contributed by atoms with Crippen LogP contribution in [-0.2, 0) is 9.59 Å². The molecule has 0 saturated heterocycles. The summed E-state index contributed by atoms with van der Waals surface area (Å²) in [5.41, 5.74) is 3.77. The van der Waals surface area contributed by atoms with Crippen molar-refractivity contribution in [2.75, 3.05) is 30.8 Å². The molecule has 24 heavy (non-hydrogen) atoms. The molecule has 2 amide bonds. The Morgan fingerprint density at radius 2 is 1.42 bits per heavy atom. The topological polar surface area (TPSA) is 62.6 Å². The van der Waals surface area contributed by atoms with E-state index in [-0.39, 0.29) is 24.9 Å². The Balaban J connectivity index is 1.79. The zero-order valence-corrected chi connectivity index (χ0v) is 14.3. The minimum Gasteiger partial charge on any atom is -0.322 e. The average Bonchev–Trinajstić information content (AvgIpc) is 2.49. The van der Waals surface area contributed by atoms with E-state index in [0.29, 0.717) is 0 Å². The molecule has 0 aromatic heterocycles. The minimum atomic E-state index is -0.111. The molecule has 0 heterocycles.